The zero-order chi connectivity index (χ0) is 25.6. The normalized spacial score (nSPS) is 14.0. The van der Waals surface area contributed by atoms with E-state index >= 15 is 0 Å². The lowest BCUT2D eigenvalue weighted by molar-refractivity contribution is -0.130. The number of amidine groups is 1. The fraction of sp³-hybridized carbons (Fsp3) is 0.417. The number of carbonyl (C=O) groups excluding carboxylic acids is 1. The molecule has 0 unspecified atom stereocenters. The molecule has 0 atom stereocenters. The molecule has 9 nitrogen and oxygen atoms in total. The summed E-state index contributed by atoms with van der Waals surface area (Å²) >= 11 is 0. The molecule has 35 heavy (non-hydrogen) atoms. The first kappa shape index (κ1) is 26.8. The van der Waals surface area contributed by atoms with Gasteiger partial charge in [0.1, 0.15) is 5.84 Å². The first-order valence-electron chi connectivity index (χ1n) is 11.4. The highest BCUT2D eigenvalue weighted by molar-refractivity contribution is 7.91. The fourth-order valence-corrected chi connectivity index (χ4v) is 5.65. The first-order valence-corrected chi connectivity index (χ1v) is 14.7. The molecule has 0 aliphatic carbocycles. The van der Waals surface area contributed by atoms with Gasteiger partial charge in [-0.25, -0.2) is 21.1 Å². The second-order valence-electron chi connectivity index (χ2n) is 8.60. The predicted molar refractivity (Wildman–Crippen MR) is 136 cm³/mol. The van der Waals surface area contributed by atoms with Crippen molar-refractivity contribution in [2.45, 2.75) is 29.1 Å². The summed E-state index contributed by atoms with van der Waals surface area (Å²) in [5.41, 5.74) is 2.17. The van der Waals surface area contributed by atoms with Crippen LogP contribution in [0.1, 0.15) is 24.0 Å². The van der Waals surface area contributed by atoms with Gasteiger partial charge in [-0.3, -0.25) is 9.79 Å². The van der Waals surface area contributed by atoms with E-state index in [1.54, 1.807) is 11.9 Å². The molecule has 0 spiro atoms. The fourth-order valence-electron chi connectivity index (χ4n) is 3.65. The van der Waals surface area contributed by atoms with Crippen LogP contribution in [0.25, 0.3) is 0 Å². The molecule has 1 heterocycles. The largest absolute Gasteiger partial charge is 0.368 e. The van der Waals surface area contributed by atoms with Crippen molar-refractivity contribution in [3.8, 4) is 0 Å². The summed E-state index contributed by atoms with van der Waals surface area (Å²) in [4.78, 5) is 18.4. The van der Waals surface area contributed by atoms with Crippen molar-refractivity contribution in [3.05, 3.63) is 59.7 Å². The SMILES string of the molecule is CN(CCc1ccc(C2=NCCN2)cc1)C(=O)CCCN(C)S(=O)(=O)c1cccc(S(C)(=O)=O)c1. The molecular weight excluding hydrogens is 488 g/mol. The molecule has 3 rings (SSSR count). The lowest BCUT2D eigenvalue weighted by Gasteiger charge is -2.20. The lowest BCUT2D eigenvalue weighted by atomic mass is 10.1. The van der Waals surface area contributed by atoms with Crippen molar-refractivity contribution in [3.63, 3.8) is 0 Å². The highest BCUT2D eigenvalue weighted by Crippen LogP contribution is 2.19. The summed E-state index contributed by atoms with van der Waals surface area (Å²) in [6.07, 6.45) is 2.31. The molecule has 0 saturated heterocycles. The van der Waals surface area contributed by atoms with Gasteiger partial charge in [-0.2, -0.15) is 0 Å². The third-order valence-corrected chi connectivity index (χ3v) is 8.83. The Morgan fingerprint density at radius 2 is 1.69 bits per heavy atom. The maximum absolute atomic E-state index is 12.8. The van der Waals surface area contributed by atoms with E-state index in [1.807, 2.05) is 24.3 Å². The predicted octanol–water partition coefficient (Wildman–Crippen LogP) is 1.54. The number of aliphatic imine (C=N–C) groups is 1. The number of likely N-dealkylation sites (N-methyl/N-ethyl adjacent to an activating group) is 1. The second kappa shape index (κ2) is 11.3. The number of nitrogens with one attached hydrogen (secondary N) is 1. The molecule has 1 aliphatic heterocycles. The Kier molecular flexibility index (Phi) is 8.68. The van der Waals surface area contributed by atoms with Gasteiger partial charge in [-0.1, -0.05) is 30.3 Å². The number of benzene rings is 2. The maximum atomic E-state index is 12.8. The molecule has 0 aromatic heterocycles. The van der Waals surface area contributed by atoms with E-state index in [-0.39, 0.29) is 28.7 Å². The zero-order valence-electron chi connectivity index (χ0n) is 20.3. The molecule has 11 heteroatoms. The highest BCUT2D eigenvalue weighted by atomic mass is 32.2. The molecule has 2 aromatic carbocycles. The van der Waals surface area contributed by atoms with Crippen LogP contribution in [0.5, 0.6) is 0 Å². The topological polar surface area (TPSA) is 116 Å². The van der Waals surface area contributed by atoms with Crippen molar-refractivity contribution in [1.29, 1.82) is 0 Å². The number of rotatable bonds is 11. The molecular formula is C24H32N4O5S2. The van der Waals surface area contributed by atoms with Gasteiger partial charge in [0, 0.05) is 52.0 Å². The summed E-state index contributed by atoms with van der Waals surface area (Å²) in [5, 5.41) is 3.24. The van der Waals surface area contributed by atoms with Crippen LogP contribution in [0.2, 0.25) is 0 Å². The Labute approximate surface area is 207 Å². The second-order valence-corrected chi connectivity index (χ2v) is 12.7. The van der Waals surface area contributed by atoms with Gasteiger partial charge in [0.05, 0.1) is 16.3 Å². The number of sulfone groups is 1. The molecule has 0 bridgehead atoms. The number of carbonyl (C=O) groups is 1. The number of sulfonamides is 1. The van der Waals surface area contributed by atoms with Crippen LogP contribution in [-0.2, 0) is 31.1 Å². The van der Waals surface area contributed by atoms with Gasteiger partial charge in [0.2, 0.25) is 15.9 Å². The van der Waals surface area contributed by atoms with E-state index in [0.29, 0.717) is 19.4 Å². The van der Waals surface area contributed by atoms with E-state index in [1.165, 1.54) is 25.2 Å². The van der Waals surface area contributed by atoms with Crippen LogP contribution >= 0.6 is 0 Å². The standard InChI is InChI=1S/C24H32N4O5S2/c1-27(17-13-19-9-11-20(12-10-19)24-25-14-15-26-24)23(29)8-5-16-28(2)35(32,33)22-7-4-6-21(18-22)34(3,30)31/h4,6-7,9-12,18H,5,8,13-17H2,1-3H3,(H,25,26). The van der Waals surface area contributed by atoms with E-state index < -0.39 is 19.9 Å². The summed E-state index contributed by atoms with van der Waals surface area (Å²) < 4.78 is 50.3. The Bertz CT molecular complexity index is 1290. The number of hydrogen-bond acceptors (Lipinski definition) is 7. The van der Waals surface area contributed by atoms with Crippen molar-refractivity contribution in [1.82, 2.24) is 14.5 Å². The quantitative estimate of drug-likeness (QED) is 0.481. The van der Waals surface area contributed by atoms with E-state index in [0.717, 1.165) is 46.7 Å². The summed E-state index contributed by atoms with van der Waals surface area (Å²) in [5.74, 6) is 0.856. The highest BCUT2D eigenvalue weighted by Gasteiger charge is 2.22. The lowest BCUT2D eigenvalue weighted by Crippen LogP contribution is -2.31. The van der Waals surface area contributed by atoms with Gasteiger partial charge in [0.15, 0.2) is 9.84 Å². The van der Waals surface area contributed by atoms with Crippen molar-refractivity contribution in [2.24, 2.45) is 4.99 Å². The molecule has 2 aromatic rings. The van der Waals surface area contributed by atoms with Crippen LogP contribution in [-0.4, -0.2) is 84.3 Å². The van der Waals surface area contributed by atoms with Gasteiger partial charge in [0.25, 0.3) is 0 Å². The van der Waals surface area contributed by atoms with Crippen LogP contribution in [0.15, 0.2) is 63.3 Å². The minimum Gasteiger partial charge on any atom is -0.368 e. The molecule has 1 amide bonds. The van der Waals surface area contributed by atoms with Crippen molar-refractivity contribution < 1.29 is 21.6 Å². The summed E-state index contributed by atoms with van der Waals surface area (Å²) in [6, 6.07) is 13.4. The third-order valence-electron chi connectivity index (χ3n) is 5.87. The number of nitrogens with zero attached hydrogens (tertiary/aromatic N) is 3. The van der Waals surface area contributed by atoms with E-state index in [4.69, 9.17) is 0 Å². The first-order chi connectivity index (χ1) is 16.5. The van der Waals surface area contributed by atoms with Crippen LogP contribution in [0, 0.1) is 0 Å². The smallest absolute Gasteiger partial charge is 0.242 e. The van der Waals surface area contributed by atoms with Crippen molar-refractivity contribution >= 4 is 31.6 Å². The van der Waals surface area contributed by atoms with Crippen LogP contribution in [0.4, 0.5) is 0 Å². The average Bonchev–Trinajstić information content (AvgIpc) is 3.37. The molecule has 190 valence electrons. The van der Waals surface area contributed by atoms with E-state index in [9.17, 15) is 21.6 Å². The summed E-state index contributed by atoms with van der Waals surface area (Å²) in [7, 11) is -4.22. The van der Waals surface area contributed by atoms with Gasteiger partial charge in [-0.05, 0) is 36.6 Å². The zero-order valence-corrected chi connectivity index (χ0v) is 21.9. The van der Waals surface area contributed by atoms with Crippen LogP contribution < -0.4 is 5.32 Å². The molecule has 1 aliphatic rings. The molecule has 1 N–H and O–H groups in total. The third kappa shape index (κ3) is 7.12. The van der Waals surface area contributed by atoms with Gasteiger partial charge < -0.3 is 10.2 Å². The summed E-state index contributed by atoms with van der Waals surface area (Å²) in [6.45, 7) is 2.36. The van der Waals surface area contributed by atoms with Gasteiger partial charge in [-0.15, -0.1) is 0 Å². The molecule has 0 saturated carbocycles. The average molecular weight is 521 g/mol. The Balaban J connectivity index is 1.46. The minimum absolute atomic E-state index is 0.0534. The van der Waals surface area contributed by atoms with Crippen LogP contribution in [0.3, 0.4) is 0 Å². The number of hydrogen-bond donors (Lipinski definition) is 1. The van der Waals surface area contributed by atoms with Gasteiger partial charge >= 0.3 is 0 Å². The molecule has 0 fully saturated rings. The Hall–Kier alpha value is -2.76. The van der Waals surface area contributed by atoms with Crippen molar-refractivity contribution in [2.75, 3.05) is 46.5 Å². The maximum Gasteiger partial charge on any atom is 0.242 e. The Morgan fingerprint density at radius 3 is 2.31 bits per heavy atom. The monoisotopic (exact) mass is 520 g/mol. The molecule has 0 radical (unpaired) electrons. The minimum atomic E-state index is -3.86. The number of amides is 1. The Morgan fingerprint density at radius 1 is 1.00 bits per heavy atom. The van der Waals surface area contributed by atoms with E-state index in [2.05, 4.69) is 10.3 Å².